The third-order valence-corrected chi connectivity index (χ3v) is 3.38. The number of rotatable bonds is 2. The van der Waals surface area contributed by atoms with Crippen molar-refractivity contribution in [3.05, 3.63) is 22.6 Å². The summed E-state index contributed by atoms with van der Waals surface area (Å²) in [5, 5.41) is 4.24. The summed E-state index contributed by atoms with van der Waals surface area (Å²) in [7, 11) is 1.68. The summed E-state index contributed by atoms with van der Waals surface area (Å²) in [6, 6.07) is 1.67. The van der Waals surface area contributed by atoms with Crippen LogP contribution in [0, 0.1) is 5.92 Å². The number of aromatic nitrogens is 3. The van der Waals surface area contributed by atoms with E-state index in [0.29, 0.717) is 10.9 Å². The first-order valence-electron chi connectivity index (χ1n) is 5.59. The van der Waals surface area contributed by atoms with Crippen molar-refractivity contribution in [2.45, 2.75) is 18.9 Å². The molecular formula is C11H12F2N4O. The number of nitrogens with two attached hydrogens (primary N) is 1. The number of hydrogen-bond acceptors (Lipinski definition) is 3. The van der Waals surface area contributed by atoms with Crippen LogP contribution in [-0.2, 0) is 13.6 Å². The van der Waals surface area contributed by atoms with Gasteiger partial charge in [0.1, 0.15) is 5.39 Å². The molecule has 0 bridgehead atoms. The molecule has 1 atom stereocenters. The van der Waals surface area contributed by atoms with Crippen LogP contribution in [0.15, 0.2) is 17.1 Å². The standard InChI is InChI=1S/C11H12F2N4O/c1-16-7-2-3-17(5-6-4-11(6,12)13)10(18)8(7)9(14)15-16/h2-3,6H,4-5H2,1H3,(H2,14,15). The van der Waals surface area contributed by atoms with Crippen LogP contribution in [0.2, 0.25) is 0 Å². The number of pyridine rings is 1. The molecule has 2 aromatic rings. The number of aryl methyl sites for hydroxylation is 1. The van der Waals surface area contributed by atoms with Gasteiger partial charge in [0.2, 0.25) is 0 Å². The van der Waals surface area contributed by atoms with Gasteiger partial charge in [-0.25, -0.2) is 8.78 Å². The summed E-state index contributed by atoms with van der Waals surface area (Å²) in [5.74, 6) is -3.24. The summed E-state index contributed by atoms with van der Waals surface area (Å²) in [4.78, 5) is 12.1. The molecule has 96 valence electrons. The Morgan fingerprint density at radius 2 is 2.28 bits per heavy atom. The van der Waals surface area contributed by atoms with E-state index in [1.54, 1.807) is 13.1 Å². The zero-order chi connectivity index (χ0) is 13.1. The molecule has 0 aliphatic heterocycles. The first-order chi connectivity index (χ1) is 8.40. The molecule has 1 aliphatic carbocycles. The van der Waals surface area contributed by atoms with Crippen LogP contribution in [0.3, 0.4) is 0 Å². The van der Waals surface area contributed by atoms with Gasteiger partial charge in [0.05, 0.1) is 5.52 Å². The van der Waals surface area contributed by atoms with Crippen LogP contribution in [0.5, 0.6) is 0 Å². The number of anilines is 1. The average molecular weight is 254 g/mol. The predicted octanol–water partition coefficient (Wildman–Crippen LogP) is 0.972. The molecule has 1 aliphatic rings. The number of nitrogens with zero attached hydrogens (tertiary/aromatic N) is 3. The number of alkyl halides is 2. The highest BCUT2D eigenvalue weighted by Crippen LogP contribution is 2.49. The first kappa shape index (κ1) is 11.2. The lowest BCUT2D eigenvalue weighted by atomic mass is 10.3. The largest absolute Gasteiger partial charge is 0.382 e. The molecule has 1 unspecified atom stereocenters. The van der Waals surface area contributed by atoms with Crippen LogP contribution < -0.4 is 11.3 Å². The maximum Gasteiger partial charge on any atom is 0.263 e. The summed E-state index contributed by atoms with van der Waals surface area (Å²) in [6.45, 7) is 0.0239. The Morgan fingerprint density at radius 1 is 1.61 bits per heavy atom. The Labute approximate surface area is 101 Å². The molecular weight excluding hydrogens is 242 g/mol. The van der Waals surface area contributed by atoms with Gasteiger partial charge in [0, 0.05) is 32.1 Å². The van der Waals surface area contributed by atoms with Crippen molar-refractivity contribution in [3.8, 4) is 0 Å². The first-order valence-corrected chi connectivity index (χ1v) is 5.59. The second-order valence-electron chi connectivity index (χ2n) is 4.70. The molecule has 2 heterocycles. The van der Waals surface area contributed by atoms with Gasteiger partial charge >= 0.3 is 0 Å². The molecule has 3 rings (SSSR count). The SMILES string of the molecule is Cn1nc(N)c2c(=O)n(CC3CC3(F)F)ccc21. The van der Waals surface area contributed by atoms with Crippen molar-refractivity contribution in [2.24, 2.45) is 13.0 Å². The summed E-state index contributed by atoms with van der Waals surface area (Å²) >= 11 is 0. The van der Waals surface area contributed by atoms with E-state index in [9.17, 15) is 13.6 Å². The van der Waals surface area contributed by atoms with Gasteiger partial charge in [-0.1, -0.05) is 0 Å². The molecule has 18 heavy (non-hydrogen) atoms. The second kappa shape index (κ2) is 3.30. The highest BCUT2D eigenvalue weighted by atomic mass is 19.3. The molecule has 0 amide bonds. The van der Waals surface area contributed by atoms with E-state index in [2.05, 4.69) is 5.10 Å². The zero-order valence-corrected chi connectivity index (χ0v) is 9.73. The van der Waals surface area contributed by atoms with Gasteiger partial charge in [-0.2, -0.15) is 5.10 Å². The molecule has 1 fully saturated rings. The van der Waals surface area contributed by atoms with E-state index >= 15 is 0 Å². The molecule has 5 nitrogen and oxygen atoms in total. The van der Waals surface area contributed by atoms with E-state index in [4.69, 9.17) is 5.73 Å². The highest BCUT2D eigenvalue weighted by molar-refractivity contribution is 5.88. The molecule has 2 aromatic heterocycles. The van der Waals surface area contributed by atoms with E-state index in [-0.39, 0.29) is 24.3 Å². The lowest BCUT2D eigenvalue weighted by Gasteiger charge is -2.05. The fraction of sp³-hybridized carbons (Fsp3) is 0.455. The van der Waals surface area contributed by atoms with Crippen LogP contribution in [0.25, 0.3) is 10.9 Å². The smallest absolute Gasteiger partial charge is 0.263 e. The quantitative estimate of drug-likeness (QED) is 0.868. The lowest BCUT2D eigenvalue weighted by molar-refractivity contribution is 0.0949. The number of hydrogen-bond donors (Lipinski definition) is 1. The Morgan fingerprint density at radius 3 is 2.89 bits per heavy atom. The minimum absolute atomic E-state index is 0.0239. The monoisotopic (exact) mass is 254 g/mol. The maximum absolute atomic E-state index is 12.9. The Bertz CT molecular complexity index is 688. The van der Waals surface area contributed by atoms with Gasteiger partial charge in [0.25, 0.3) is 11.5 Å². The van der Waals surface area contributed by atoms with Crippen molar-refractivity contribution in [1.29, 1.82) is 0 Å². The molecule has 7 heteroatoms. The number of halogens is 2. The van der Waals surface area contributed by atoms with Crippen LogP contribution in [-0.4, -0.2) is 20.3 Å². The molecule has 0 saturated heterocycles. The minimum atomic E-state index is -2.63. The Balaban J connectivity index is 2.07. The molecule has 0 aromatic carbocycles. The molecule has 1 saturated carbocycles. The number of nitrogen functional groups attached to an aromatic ring is 1. The number of fused-ring (bicyclic) bond motifs is 1. The van der Waals surface area contributed by atoms with Crippen LogP contribution >= 0.6 is 0 Å². The molecule has 0 spiro atoms. The van der Waals surface area contributed by atoms with Crippen LogP contribution in [0.1, 0.15) is 6.42 Å². The maximum atomic E-state index is 12.9. The summed E-state index contributed by atoms with van der Waals surface area (Å²) in [5.41, 5.74) is 5.90. The van der Waals surface area contributed by atoms with Gasteiger partial charge in [0.15, 0.2) is 5.82 Å². The normalized spacial score (nSPS) is 21.4. The van der Waals surface area contributed by atoms with Crippen molar-refractivity contribution in [1.82, 2.24) is 14.3 Å². The van der Waals surface area contributed by atoms with Gasteiger partial charge in [-0.15, -0.1) is 0 Å². The van der Waals surface area contributed by atoms with Gasteiger partial charge in [-0.3, -0.25) is 9.48 Å². The topological polar surface area (TPSA) is 65.8 Å². The van der Waals surface area contributed by atoms with Gasteiger partial charge in [-0.05, 0) is 6.07 Å². The van der Waals surface area contributed by atoms with Crippen molar-refractivity contribution >= 4 is 16.7 Å². The average Bonchev–Trinajstić information content (AvgIpc) is 2.75. The Hall–Kier alpha value is -1.92. The van der Waals surface area contributed by atoms with E-state index in [1.165, 1.54) is 15.4 Å². The summed E-state index contributed by atoms with van der Waals surface area (Å²) in [6.07, 6.45) is 1.36. The Kier molecular flexibility index (Phi) is 2.05. The van der Waals surface area contributed by atoms with E-state index < -0.39 is 11.8 Å². The fourth-order valence-corrected chi connectivity index (χ4v) is 2.19. The second-order valence-corrected chi connectivity index (χ2v) is 4.70. The third kappa shape index (κ3) is 1.50. The van der Waals surface area contributed by atoms with Gasteiger partial charge < -0.3 is 10.3 Å². The fourth-order valence-electron chi connectivity index (χ4n) is 2.19. The zero-order valence-electron chi connectivity index (χ0n) is 9.73. The highest BCUT2D eigenvalue weighted by Gasteiger charge is 2.56. The third-order valence-electron chi connectivity index (χ3n) is 3.38. The predicted molar refractivity (Wildman–Crippen MR) is 62.4 cm³/mol. The lowest BCUT2D eigenvalue weighted by Crippen LogP contribution is -2.21. The van der Waals surface area contributed by atoms with Crippen molar-refractivity contribution < 1.29 is 8.78 Å². The molecule has 0 radical (unpaired) electrons. The summed E-state index contributed by atoms with van der Waals surface area (Å²) < 4.78 is 28.5. The minimum Gasteiger partial charge on any atom is -0.382 e. The van der Waals surface area contributed by atoms with E-state index in [1.807, 2.05) is 0 Å². The molecule has 2 N–H and O–H groups in total. The van der Waals surface area contributed by atoms with Crippen molar-refractivity contribution in [3.63, 3.8) is 0 Å². The van der Waals surface area contributed by atoms with E-state index in [0.717, 1.165) is 0 Å². The van der Waals surface area contributed by atoms with Crippen molar-refractivity contribution in [2.75, 3.05) is 5.73 Å². The van der Waals surface area contributed by atoms with Crippen LogP contribution in [0.4, 0.5) is 14.6 Å².